The number of rotatable bonds is 4. The van der Waals surface area contributed by atoms with Crippen molar-refractivity contribution in [3.63, 3.8) is 0 Å². The molecule has 0 aliphatic carbocycles. The Labute approximate surface area is 203 Å². The lowest BCUT2D eigenvalue weighted by molar-refractivity contribution is 0.466. The normalized spacial score (nSPS) is 11.3. The molecule has 8 heteroatoms. The van der Waals surface area contributed by atoms with Crippen LogP contribution in [0.5, 0.6) is 11.6 Å². The van der Waals surface area contributed by atoms with Gasteiger partial charge < -0.3 is 9.15 Å². The van der Waals surface area contributed by atoms with Crippen LogP contribution in [-0.4, -0.2) is 14.5 Å². The maximum Gasteiger partial charge on any atom is 0.336 e. The van der Waals surface area contributed by atoms with Crippen LogP contribution in [0.3, 0.4) is 0 Å². The molecule has 3 heterocycles. The smallest absolute Gasteiger partial charge is 0.336 e. The van der Waals surface area contributed by atoms with Crippen LogP contribution in [0, 0.1) is 18.6 Å². The lowest BCUT2D eigenvalue weighted by Crippen LogP contribution is -1.99. The molecule has 0 N–H and O–H groups in total. The number of hydrogen-bond acceptors (Lipinski definition) is 5. The quantitative estimate of drug-likeness (QED) is 0.266. The molecular weight excluding hydrogens is 464 g/mol. The molecule has 176 valence electrons. The lowest BCUT2D eigenvalue weighted by atomic mass is 10.1. The highest BCUT2D eigenvalue weighted by molar-refractivity contribution is 5.98. The Balaban J connectivity index is 1.56. The zero-order valence-electron chi connectivity index (χ0n) is 18.9. The van der Waals surface area contributed by atoms with Crippen LogP contribution in [0.4, 0.5) is 8.78 Å². The first-order valence-electron chi connectivity index (χ1n) is 11.1. The van der Waals surface area contributed by atoms with Gasteiger partial charge in [-0.25, -0.2) is 23.5 Å². The predicted octanol–water partition coefficient (Wildman–Crippen LogP) is 6.57. The van der Waals surface area contributed by atoms with Crippen molar-refractivity contribution in [1.82, 2.24) is 14.5 Å². The van der Waals surface area contributed by atoms with E-state index in [1.54, 1.807) is 59.3 Å². The van der Waals surface area contributed by atoms with Crippen molar-refractivity contribution in [2.75, 3.05) is 0 Å². The van der Waals surface area contributed by atoms with E-state index in [-0.39, 0.29) is 11.7 Å². The molecule has 0 aliphatic heterocycles. The Kier molecular flexibility index (Phi) is 5.07. The number of fused-ring (bicyclic) bond motifs is 2. The Morgan fingerprint density at radius 1 is 0.944 bits per heavy atom. The van der Waals surface area contributed by atoms with E-state index in [0.29, 0.717) is 39.2 Å². The number of aromatic nitrogens is 3. The van der Waals surface area contributed by atoms with Gasteiger partial charge in [-0.05, 0) is 54.4 Å². The van der Waals surface area contributed by atoms with Crippen molar-refractivity contribution in [3.05, 3.63) is 113 Å². The average Bonchev–Trinajstić information content (AvgIpc) is 3.25. The molecule has 0 spiro atoms. The van der Waals surface area contributed by atoms with E-state index in [0.717, 1.165) is 10.9 Å². The average molecular weight is 481 g/mol. The van der Waals surface area contributed by atoms with E-state index in [9.17, 15) is 13.6 Å². The molecule has 3 aromatic carbocycles. The van der Waals surface area contributed by atoms with E-state index in [4.69, 9.17) is 9.15 Å². The minimum absolute atomic E-state index is 0.212. The van der Waals surface area contributed by atoms with Gasteiger partial charge in [0.1, 0.15) is 29.3 Å². The Bertz CT molecular complexity index is 1830. The summed E-state index contributed by atoms with van der Waals surface area (Å²) in [4.78, 5) is 20.6. The molecule has 6 rings (SSSR count). The monoisotopic (exact) mass is 481 g/mol. The molecule has 3 aromatic heterocycles. The third-order valence-corrected chi connectivity index (χ3v) is 5.95. The van der Waals surface area contributed by atoms with Gasteiger partial charge in [-0.15, -0.1) is 0 Å². The molecule has 0 radical (unpaired) electrons. The highest BCUT2D eigenvalue weighted by Gasteiger charge is 2.20. The molecule has 0 amide bonds. The molecule has 0 aliphatic rings. The SMILES string of the molecule is Cc1cc(=O)oc2cc(Oc3ncnc4c3c(-c3ccc(F)cc3)cn4-c3ccccc3F)ccc12. The van der Waals surface area contributed by atoms with Gasteiger partial charge in [-0.1, -0.05) is 24.3 Å². The minimum Gasteiger partial charge on any atom is -0.438 e. The lowest BCUT2D eigenvalue weighted by Gasteiger charge is -2.09. The standard InChI is InChI=1S/C28H17F2N3O3/c1-16-12-25(34)36-24-13-19(10-11-20(16)24)35-28-26-21(17-6-8-18(29)9-7-17)14-33(27(26)31-15-32-28)23-5-3-2-4-22(23)30/h2-15H,1H3. The van der Waals surface area contributed by atoms with Crippen LogP contribution >= 0.6 is 0 Å². The van der Waals surface area contributed by atoms with Crippen molar-refractivity contribution in [2.45, 2.75) is 6.92 Å². The van der Waals surface area contributed by atoms with E-state index >= 15 is 0 Å². The molecule has 0 atom stereocenters. The number of para-hydroxylation sites is 1. The first kappa shape index (κ1) is 21.7. The summed E-state index contributed by atoms with van der Waals surface area (Å²) in [5.41, 5.74) is 2.73. The third kappa shape index (κ3) is 3.69. The third-order valence-electron chi connectivity index (χ3n) is 5.95. The van der Waals surface area contributed by atoms with Crippen LogP contribution in [0.25, 0.3) is 38.8 Å². The molecule has 0 bridgehead atoms. The summed E-state index contributed by atoms with van der Waals surface area (Å²) in [7, 11) is 0. The second-order valence-electron chi connectivity index (χ2n) is 8.26. The largest absolute Gasteiger partial charge is 0.438 e. The highest BCUT2D eigenvalue weighted by Crippen LogP contribution is 2.38. The first-order valence-corrected chi connectivity index (χ1v) is 11.1. The fraction of sp³-hybridized carbons (Fsp3) is 0.0357. The van der Waals surface area contributed by atoms with Crippen LogP contribution in [-0.2, 0) is 0 Å². The molecule has 6 aromatic rings. The van der Waals surface area contributed by atoms with Crippen LogP contribution in [0.2, 0.25) is 0 Å². The summed E-state index contributed by atoms with van der Waals surface area (Å²) >= 11 is 0. The topological polar surface area (TPSA) is 70.2 Å². The van der Waals surface area contributed by atoms with Crippen LogP contribution in [0.15, 0.2) is 94.5 Å². The number of nitrogens with zero attached hydrogens (tertiary/aromatic N) is 3. The van der Waals surface area contributed by atoms with Gasteiger partial charge in [-0.3, -0.25) is 4.57 Å². The fourth-order valence-corrected chi connectivity index (χ4v) is 4.27. The summed E-state index contributed by atoms with van der Waals surface area (Å²) in [5, 5.41) is 1.30. The van der Waals surface area contributed by atoms with Crippen molar-refractivity contribution in [2.24, 2.45) is 0 Å². The van der Waals surface area contributed by atoms with Gasteiger partial charge in [0.25, 0.3) is 0 Å². The second kappa shape index (κ2) is 8.42. The second-order valence-corrected chi connectivity index (χ2v) is 8.26. The maximum atomic E-state index is 14.7. The van der Waals surface area contributed by atoms with E-state index in [1.807, 2.05) is 6.92 Å². The van der Waals surface area contributed by atoms with E-state index < -0.39 is 11.4 Å². The number of ether oxygens (including phenoxy) is 1. The number of aryl methyl sites for hydroxylation is 1. The van der Waals surface area contributed by atoms with Gasteiger partial charge in [0, 0.05) is 29.3 Å². The maximum absolute atomic E-state index is 14.7. The van der Waals surface area contributed by atoms with Gasteiger partial charge in [-0.2, -0.15) is 0 Å². The molecular formula is C28H17F2N3O3. The van der Waals surface area contributed by atoms with E-state index in [2.05, 4.69) is 9.97 Å². The van der Waals surface area contributed by atoms with Crippen molar-refractivity contribution < 1.29 is 17.9 Å². The minimum atomic E-state index is -0.456. The summed E-state index contributed by atoms with van der Waals surface area (Å²) < 4.78 is 41.5. The van der Waals surface area contributed by atoms with Crippen molar-refractivity contribution in [1.29, 1.82) is 0 Å². The molecule has 0 fully saturated rings. The molecule has 6 nitrogen and oxygen atoms in total. The van der Waals surface area contributed by atoms with Crippen LogP contribution < -0.4 is 10.4 Å². The zero-order valence-corrected chi connectivity index (χ0v) is 18.9. The fourth-order valence-electron chi connectivity index (χ4n) is 4.27. The van der Waals surface area contributed by atoms with Gasteiger partial charge >= 0.3 is 5.63 Å². The first-order chi connectivity index (χ1) is 17.5. The Morgan fingerprint density at radius 3 is 2.56 bits per heavy atom. The number of hydrogen-bond donors (Lipinski definition) is 0. The molecule has 0 saturated carbocycles. The summed E-state index contributed by atoms with van der Waals surface area (Å²) in [6, 6.07) is 18.9. The van der Waals surface area contributed by atoms with E-state index in [1.165, 1.54) is 30.6 Å². The molecule has 36 heavy (non-hydrogen) atoms. The van der Waals surface area contributed by atoms with Gasteiger partial charge in [0.2, 0.25) is 5.88 Å². The summed E-state index contributed by atoms with van der Waals surface area (Å²) in [5.74, 6) is -0.206. The summed E-state index contributed by atoms with van der Waals surface area (Å²) in [6.45, 7) is 1.83. The highest BCUT2D eigenvalue weighted by atomic mass is 19.1. The van der Waals surface area contributed by atoms with Gasteiger partial charge in [0.15, 0.2) is 5.65 Å². The predicted molar refractivity (Wildman–Crippen MR) is 132 cm³/mol. The number of halogens is 2. The van der Waals surface area contributed by atoms with Crippen molar-refractivity contribution >= 4 is 22.0 Å². The Morgan fingerprint density at radius 2 is 1.75 bits per heavy atom. The van der Waals surface area contributed by atoms with Crippen molar-refractivity contribution in [3.8, 4) is 28.4 Å². The molecule has 0 unspecified atom stereocenters. The zero-order chi connectivity index (χ0) is 24.8. The summed E-state index contributed by atoms with van der Waals surface area (Å²) in [6.07, 6.45) is 3.05. The Hall–Kier alpha value is -4.85. The van der Waals surface area contributed by atoms with Crippen LogP contribution in [0.1, 0.15) is 5.56 Å². The number of benzene rings is 3. The molecule has 0 saturated heterocycles. The van der Waals surface area contributed by atoms with Gasteiger partial charge in [0.05, 0.1) is 11.1 Å².